The van der Waals surface area contributed by atoms with Crippen LogP contribution in [0.5, 0.6) is 0 Å². The van der Waals surface area contributed by atoms with Gasteiger partial charge in [0.25, 0.3) is 0 Å². The van der Waals surface area contributed by atoms with Crippen LogP contribution < -0.4 is 5.46 Å². The predicted molar refractivity (Wildman–Crippen MR) is 132 cm³/mol. The van der Waals surface area contributed by atoms with Crippen molar-refractivity contribution < 1.29 is 0 Å². The van der Waals surface area contributed by atoms with E-state index in [2.05, 4.69) is 92.8 Å². The van der Waals surface area contributed by atoms with Gasteiger partial charge in [-0.2, -0.15) is 0 Å². The Labute approximate surface area is 183 Å². The van der Waals surface area contributed by atoms with Crippen molar-refractivity contribution >= 4 is 13.3 Å². The van der Waals surface area contributed by atoms with Crippen molar-refractivity contribution in [3.05, 3.63) is 115 Å². The molecule has 4 aromatic carbocycles. The van der Waals surface area contributed by atoms with E-state index >= 15 is 0 Å². The molecule has 0 aliphatic carbocycles. The van der Waals surface area contributed by atoms with Crippen LogP contribution in [-0.4, -0.2) is 17.8 Å². The van der Waals surface area contributed by atoms with Gasteiger partial charge in [0.2, 0.25) is 0 Å². The molecule has 0 saturated heterocycles. The number of aromatic nitrogens is 2. The Morgan fingerprint density at radius 1 is 0.452 bits per heavy atom. The lowest BCUT2D eigenvalue weighted by Crippen LogP contribution is -2.09. The van der Waals surface area contributed by atoms with Crippen LogP contribution in [0.3, 0.4) is 0 Å². The first-order valence-corrected chi connectivity index (χ1v) is 10.5. The van der Waals surface area contributed by atoms with Gasteiger partial charge in [-0.1, -0.05) is 121 Å². The maximum absolute atomic E-state index is 5.13. The summed E-state index contributed by atoms with van der Waals surface area (Å²) in [4.78, 5) is 10.3. The van der Waals surface area contributed by atoms with Crippen LogP contribution in [0.4, 0.5) is 0 Å². The Bertz CT molecular complexity index is 1260. The van der Waals surface area contributed by atoms with Gasteiger partial charge in [0.05, 0.1) is 11.4 Å². The summed E-state index contributed by atoms with van der Waals surface area (Å²) in [6, 6.07) is 39.5. The van der Waals surface area contributed by atoms with Gasteiger partial charge in [-0.05, 0) is 5.56 Å². The molecule has 5 rings (SSSR count). The van der Waals surface area contributed by atoms with E-state index in [1.165, 1.54) is 0 Å². The molecule has 0 aliphatic rings. The Morgan fingerprint density at radius 3 is 1.35 bits per heavy atom. The molecule has 146 valence electrons. The van der Waals surface area contributed by atoms with E-state index in [1.54, 1.807) is 0 Å². The molecular weight excluding hydrogens is 375 g/mol. The molecule has 31 heavy (non-hydrogen) atoms. The molecule has 1 aromatic heterocycles. The van der Waals surface area contributed by atoms with Gasteiger partial charge in [0.15, 0.2) is 5.82 Å². The van der Waals surface area contributed by atoms with Gasteiger partial charge in [-0.3, -0.25) is 0 Å². The average Bonchev–Trinajstić information content (AvgIpc) is 2.85. The fraction of sp³-hybridized carbons (Fsp3) is 0. The molecule has 0 spiro atoms. The van der Waals surface area contributed by atoms with E-state index in [0.29, 0.717) is 0 Å². The SMILES string of the molecule is Bc1ccccc1-c1nc(-c2ccccc2)c(-c2ccccc2)c(-c2ccccc2)n1. The van der Waals surface area contributed by atoms with Gasteiger partial charge in [0.1, 0.15) is 7.85 Å². The fourth-order valence-corrected chi connectivity index (χ4v) is 3.89. The van der Waals surface area contributed by atoms with E-state index in [0.717, 1.165) is 50.5 Å². The first-order chi connectivity index (χ1) is 15.3. The lowest BCUT2D eigenvalue weighted by Gasteiger charge is -2.17. The Hall–Kier alpha value is -3.98. The predicted octanol–water partition coefficient (Wildman–Crippen LogP) is 5.40. The molecule has 0 radical (unpaired) electrons. The van der Waals surface area contributed by atoms with Crippen molar-refractivity contribution in [1.29, 1.82) is 0 Å². The Kier molecular flexibility index (Phi) is 5.16. The fourth-order valence-electron chi connectivity index (χ4n) is 3.89. The van der Waals surface area contributed by atoms with Crippen molar-refractivity contribution in [2.75, 3.05) is 0 Å². The van der Waals surface area contributed by atoms with Crippen LogP contribution in [0.1, 0.15) is 0 Å². The molecule has 5 aromatic rings. The zero-order valence-corrected chi connectivity index (χ0v) is 17.4. The number of hydrogen-bond acceptors (Lipinski definition) is 2. The summed E-state index contributed by atoms with van der Waals surface area (Å²) in [5, 5.41) is 0. The van der Waals surface area contributed by atoms with Gasteiger partial charge >= 0.3 is 0 Å². The number of nitrogens with zero attached hydrogens (tertiary/aromatic N) is 2. The number of benzene rings is 4. The van der Waals surface area contributed by atoms with E-state index in [-0.39, 0.29) is 0 Å². The highest BCUT2D eigenvalue weighted by atomic mass is 14.9. The van der Waals surface area contributed by atoms with Crippen LogP contribution in [0.2, 0.25) is 0 Å². The summed E-state index contributed by atoms with van der Waals surface area (Å²) in [7, 11) is 2.11. The number of hydrogen-bond donors (Lipinski definition) is 0. The highest BCUT2D eigenvalue weighted by Gasteiger charge is 2.20. The smallest absolute Gasteiger partial charge is 0.159 e. The van der Waals surface area contributed by atoms with Crippen molar-refractivity contribution in [1.82, 2.24) is 9.97 Å². The third-order valence-corrected chi connectivity index (χ3v) is 5.45. The topological polar surface area (TPSA) is 25.8 Å². The van der Waals surface area contributed by atoms with Crippen molar-refractivity contribution in [2.24, 2.45) is 0 Å². The van der Waals surface area contributed by atoms with Gasteiger partial charge in [-0.15, -0.1) is 0 Å². The molecule has 0 atom stereocenters. The Balaban J connectivity index is 1.89. The van der Waals surface area contributed by atoms with Crippen LogP contribution in [0, 0.1) is 0 Å². The zero-order valence-electron chi connectivity index (χ0n) is 17.4. The molecule has 3 heteroatoms. The quantitative estimate of drug-likeness (QED) is 0.380. The molecule has 2 nitrogen and oxygen atoms in total. The van der Waals surface area contributed by atoms with Crippen molar-refractivity contribution in [3.63, 3.8) is 0 Å². The molecular formula is C28H21BN2. The van der Waals surface area contributed by atoms with Crippen molar-refractivity contribution in [3.8, 4) is 45.0 Å². The van der Waals surface area contributed by atoms with E-state index < -0.39 is 0 Å². The second-order valence-corrected chi connectivity index (χ2v) is 7.53. The molecule has 0 amide bonds. The van der Waals surface area contributed by atoms with E-state index in [1.807, 2.05) is 30.3 Å². The van der Waals surface area contributed by atoms with Crippen LogP contribution >= 0.6 is 0 Å². The molecule has 0 fully saturated rings. The highest BCUT2D eigenvalue weighted by Crippen LogP contribution is 2.39. The second kappa shape index (κ2) is 8.41. The minimum absolute atomic E-state index is 0.746. The molecule has 0 N–H and O–H groups in total. The maximum Gasteiger partial charge on any atom is 0.159 e. The second-order valence-electron chi connectivity index (χ2n) is 7.53. The molecule has 1 heterocycles. The first-order valence-electron chi connectivity index (χ1n) is 10.5. The van der Waals surface area contributed by atoms with Crippen LogP contribution in [0.15, 0.2) is 115 Å². The van der Waals surface area contributed by atoms with E-state index in [4.69, 9.17) is 9.97 Å². The lowest BCUT2D eigenvalue weighted by molar-refractivity contribution is 1.19. The molecule has 0 saturated carbocycles. The largest absolute Gasteiger partial charge is 0.227 e. The third-order valence-electron chi connectivity index (χ3n) is 5.45. The highest BCUT2D eigenvalue weighted by molar-refractivity contribution is 6.35. The van der Waals surface area contributed by atoms with Gasteiger partial charge in [0, 0.05) is 22.3 Å². The average molecular weight is 396 g/mol. The Morgan fingerprint density at radius 2 is 0.871 bits per heavy atom. The number of rotatable bonds is 4. The maximum atomic E-state index is 5.13. The summed E-state index contributed by atoms with van der Waals surface area (Å²) in [5.74, 6) is 0.746. The third kappa shape index (κ3) is 3.78. The molecule has 0 aliphatic heterocycles. The lowest BCUT2D eigenvalue weighted by atomic mass is 9.89. The molecule has 0 bridgehead atoms. The van der Waals surface area contributed by atoms with Gasteiger partial charge < -0.3 is 0 Å². The van der Waals surface area contributed by atoms with E-state index in [9.17, 15) is 0 Å². The summed E-state index contributed by atoms with van der Waals surface area (Å²) in [6.45, 7) is 0. The monoisotopic (exact) mass is 396 g/mol. The molecule has 0 unspecified atom stereocenters. The minimum Gasteiger partial charge on any atom is -0.227 e. The summed E-state index contributed by atoms with van der Waals surface area (Å²) >= 11 is 0. The summed E-state index contributed by atoms with van der Waals surface area (Å²) in [5.41, 5.74) is 8.42. The van der Waals surface area contributed by atoms with Crippen molar-refractivity contribution in [2.45, 2.75) is 0 Å². The minimum atomic E-state index is 0.746. The van der Waals surface area contributed by atoms with Crippen LogP contribution in [-0.2, 0) is 0 Å². The summed E-state index contributed by atoms with van der Waals surface area (Å²) in [6.07, 6.45) is 0. The summed E-state index contributed by atoms with van der Waals surface area (Å²) < 4.78 is 0. The van der Waals surface area contributed by atoms with Gasteiger partial charge in [-0.25, -0.2) is 9.97 Å². The van der Waals surface area contributed by atoms with Crippen LogP contribution in [0.25, 0.3) is 45.0 Å². The first kappa shape index (κ1) is 19.0. The zero-order chi connectivity index (χ0) is 21.0. The normalized spacial score (nSPS) is 10.7. The standard InChI is InChI=1S/C28H21BN2/c29-24-19-11-10-18-23(24)28-30-26(21-14-6-2-7-15-21)25(20-12-4-1-5-13-20)27(31-28)22-16-8-3-9-17-22/h1-19H,29H2.